The summed E-state index contributed by atoms with van der Waals surface area (Å²) in [5.41, 5.74) is 3.36. The fourth-order valence-corrected chi connectivity index (χ4v) is 2.55. The van der Waals surface area contributed by atoms with Crippen LogP contribution in [0.15, 0.2) is 10.5 Å². The van der Waals surface area contributed by atoms with Crippen molar-refractivity contribution in [2.75, 3.05) is 0 Å². The normalized spacial score (nSPS) is 11.0. The van der Waals surface area contributed by atoms with Crippen LogP contribution >= 0.6 is 15.9 Å². The molecule has 0 fully saturated rings. The first-order valence-corrected chi connectivity index (χ1v) is 6.97. The minimum Gasteiger partial charge on any atom is -0.292 e. The maximum atomic E-state index is 12.4. The average molecular weight is 325 g/mol. The summed E-state index contributed by atoms with van der Waals surface area (Å²) in [4.78, 5) is 12.4. The Kier molecular flexibility index (Phi) is 3.89. The zero-order valence-electron chi connectivity index (χ0n) is 11.6. The van der Waals surface area contributed by atoms with Gasteiger partial charge in [0.1, 0.15) is 5.69 Å². The molecule has 6 heteroatoms. The van der Waals surface area contributed by atoms with Crippen LogP contribution in [0.3, 0.4) is 0 Å². The van der Waals surface area contributed by atoms with Gasteiger partial charge in [-0.2, -0.15) is 10.2 Å². The molecular weight excluding hydrogens is 308 g/mol. The van der Waals surface area contributed by atoms with Crippen LogP contribution in [-0.4, -0.2) is 25.3 Å². The van der Waals surface area contributed by atoms with Crippen LogP contribution in [0.5, 0.6) is 0 Å². The fraction of sp³-hybridized carbons (Fsp3) is 0.462. The molecule has 0 bridgehead atoms. The van der Waals surface area contributed by atoms with Crippen molar-refractivity contribution in [1.29, 1.82) is 0 Å². The molecule has 102 valence electrons. The number of ketones is 1. The Labute approximate surface area is 120 Å². The molecule has 2 aromatic heterocycles. The van der Waals surface area contributed by atoms with E-state index in [1.807, 2.05) is 27.0 Å². The molecule has 5 nitrogen and oxygen atoms in total. The van der Waals surface area contributed by atoms with E-state index in [1.54, 1.807) is 16.4 Å². The standard InChI is InChI=1S/C13H17BrN4O/c1-5-9-6-10(17(3)16-9)12(19)7-11-13(14)8(2)15-18(11)4/h6H,5,7H2,1-4H3. The van der Waals surface area contributed by atoms with Crippen molar-refractivity contribution >= 4 is 21.7 Å². The first-order valence-electron chi connectivity index (χ1n) is 6.18. The SMILES string of the molecule is CCc1cc(C(=O)Cc2c(Br)c(C)nn2C)n(C)n1. The Morgan fingerprint density at radius 1 is 1.32 bits per heavy atom. The average Bonchev–Trinajstić information content (AvgIpc) is 2.85. The van der Waals surface area contributed by atoms with Crippen LogP contribution in [0.4, 0.5) is 0 Å². The molecule has 19 heavy (non-hydrogen) atoms. The van der Waals surface area contributed by atoms with Crippen LogP contribution in [0.25, 0.3) is 0 Å². The summed E-state index contributed by atoms with van der Waals surface area (Å²) in [6, 6.07) is 1.86. The zero-order chi connectivity index (χ0) is 14.2. The van der Waals surface area contributed by atoms with Gasteiger partial charge in [0.25, 0.3) is 0 Å². The summed E-state index contributed by atoms with van der Waals surface area (Å²) >= 11 is 3.48. The van der Waals surface area contributed by atoms with Crippen molar-refractivity contribution in [3.05, 3.63) is 33.3 Å². The van der Waals surface area contributed by atoms with E-state index < -0.39 is 0 Å². The Morgan fingerprint density at radius 2 is 2.00 bits per heavy atom. The van der Waals surface area contributed by atoms with Gasteiger partial charge in [0.2, 0.25) is 0 Å². The maximum Gasteiger partial charge on any atom is 0.186 e. The largest absolute Gasteiger partial charge is 0.292 e. The number of hydrogen-bond donors (Lipinski definition) is 0. The quantitative estimate of drug-likeness (QED) is 0.810. The lowest BCUT2D eigenvalue weighted by Gasteiger charge is -2.03. The molecule has 0 saturated heterocycles. The van der Waals surface area contributed by atoms with Crippen LogP contribution < -0.4 is 0 Å². The topological polar surface area (TPSA) is 52.7 Å². The van der Waals surface area contributed by atoms with Gasteiger partial charge in [0.15, 0.2) is 5.78 Å². The highest BCUT2D eigenvalue weighted by molar-refractivity contribution is 9.10. The lowest BCUT2D eigenvalue weighted by atomic mass is 10.1. The molecule has 0 aliphatic carbocycles. The number of aromatic nitrogens is 4. The van der Waals surface area contributed by atoms with Gasteiger partial charge in [-0.3, -0.25) is 14.2 Å². The van der Waals surface area contributed by atoms with E-state index in [9.17, 15) is 4.79 Å². The second kappa shape index (κ2) is 5.28. The molecule has 2 heterocycles. The molecule has 0 N–H and O–H groups in total. The van der Waals surface area contributed by atoms with Gasteiger partial charge in [-0.25, -0.2) is 0 Å². The predicted molar refractivity (Wildman–Crippen MR) is 76.3 cm³/mol. The molecule has 0 aliphatic heterocycles. The number of carbonyl (C=O) groups excluding carboxylic acids is 1. The van der Waals surface area contributed by atoms with E-state index >= 15 is 0 Å². The highest BCUT2D eigenvalue weighted by Gasteiger charge is 2.18. The van der Waals surface area contributed by atoms with Gasteiger partial charge >= 0.3 is 0 Å². The number of halogens is 1. The van der Waals surface area contributed by atoms with Gasteiger partial charge in [-0.15, -0.1) is 0 Å². The summed E-state index contributed by atoms with van der Waals surface area (Å²) in [5, 5.41) is 8.60. The van der Waals surface area contributed by atoms with E-state index in [1.165, 1.54) is 0 Å². The fourth-order valence-electron chi connectivity index (χ4n) is 2.08. The van der Waals surface area contributed by atoms with Gasteiger partial charge in [-0.05, 0) is 35.3 Å². The van der Waals surface area contributed by atoms with Crippen molar-refractivity contribution in [3.8, 4) is 0 Å². The smallest absolute Gasteiger partial charge is 0.186 e. The number of rotatable bonds is 4. The maximum absolute atomic E-state index is 12.4. The number of hydrogen-bond acceptors (Lipinski definition) is 3. The van der Waals surface area contributed by atoms with Crippen LogP contribution in [0.1, 0.15) is 34.5 Å². The molecule has 0 saturated carbocycles. The lowest BCUT2D eigenvalue weighted by molar-refractivity contribution is 0.0981. The molecule has 2 rings (SSSR count). The Balaban J connectivity index is 2.28. The van der Waals surface area contributed by atoms with E-state index in [0.29, 0.717) is 12.1 Å². The van der Waals surface area contributed by atoms with Gasteiger partial charge in [0, 0.05) is 14.1 Å². The van der Waals surface area contributed by atoms with Crippen molar-refractivity contribution in [2.45, 2.75) is 26.7 Å². The number of nitrogens with zero attached hydrogens (tertiary/aromatic N) is 4. The summed E-state index contributed by atoms with van der Waals surface area (Å²) in [6.45, 7) is 3.94. The molecule has 0 aliphatic rings. The summed E-state index contributed by atoms with van der Waals surface area (Å²) < 4.78 is 4.30. The van der Waals surface area contributed by atoms with Crippen LogP contribution in [0, 0.1) is 6.92 Å². The van der Waals surface area contributed by atoms with E-state index in [2.05, 4.69) is 26.1 Å². The molecule has 0 unspecified atom stereocenters. The Bertz CT molecular complexity index is 627. The van der Waals surface area contributed by atoms with E-state index in [4.69, 9.17) is 0 Å². The number of Topliss-reactive ketones (excluding diaryl/α,β-unsaturated/α-hetero) is 1. The lowest BCUT2D eigenvalue weighted by Crippen LogP contribution is -2.12. The van der Waals surface area contributed by atoms with Gasteiger partial charge in [-0.1, -0.05) is 6.92 Å². The third-order valence-corrected chi connectivity index (χ3v) is 4.20. The molecular formula is C13H17BrN4O. The second-order valence-corrected chi connectivity index (χ2v) is 5.36. The minimum atomic E-state index is 0.0541. The van der Waals surface area contributed by atoms with Gasteiger partial charge in [0.05, 0.1) is 28.0 Å². The highest BCUT2D eigenvalue weighted by Crippen LogP contribution is 2.21. The van der Waals surface area contributed by atoms with Crippen molar-refractivity contribution in [2.24, 2.45) is 14.1 Å². The van der Waals surface area contributed by atoms with Crippen molar-refractivity contribution in [3.63, 3.8) is 0 Å². The second-order valence-electron chi connectivity index (χ2n) is 4.57. The third kappa shape index (κ3) is 2.63. The van der Waals surface area contributed by atoms with Crippen LogP contribution in [-0.2, 0) is 26.9 Å². The first-order chi connectivity index (χ1) is 8.93. The molecule has 2 aromatic rings. The summed E-state index contributed by atoms with van der Waals surface area (Å²) in [7, 11) is 3.65. The zero-order valence-corrected chi connectivity index (χ0v) is 13.2. The molecule has 0 radical (unpaired) electrons. The summed E-state index contributed by atoms with van der Waals surface area (Å²) in [6.07, 6.45) is 1.15. The van der Waals surface area contributed by atoms with E-state index in [0.717, 1.165) is 28.0 Å². The van der Waals surface area contributed by atoms with Crippen molar-refractivity contribution in [1.82, 2.24) is 19.6 Å². The number of aryl methyl sites for hydroxylation is 4. The first kappa shape index (κ1) is 14.0. The van der Waals surface area contributed by atoms with E-state index in [-0.39, 0.29) is 5.78 Å². The third-order valence-electron chi connectivity index (χ3n) is 3.17. The Morgan fingerprint density at radius 3 is 2.47 bits per heavy atom. The molecule has 0 amide bonds. The molecule has 0 atom stereocenters. The molecule has 0 spiro atoms. The monoisotopic (exact) mass is 324 g/mol. The number of carbonyl (C=O) groups is 1. The van der Waals surface area contributed by atoms with Crippen LogP contribution in [0.2, 0.25) is 0 Å². The Hall–Kier alpha value is -1.43. The predicted octanol–water partition coefficient (Wildman–Crippen LogP) is 2.21. The van der Waals surface area contributed by atoms with Crippen molar-refractivity contribution < 1.29 is 4.79 Å². The molecule has 0 aromatic carbocycles. The minimum absolute atomic E-state index is 0.0541. The van der Waals surface area contributed by atoms with Gasteiger partial charge < -0.3 is 0 Å². The summed E-state index contributed by atoms with van der Waals surface area (Å²) in [5.74, 6) is 0.0541. The highest BCUT2D eigenvalue weighted by atomic mass is 79.9.